The Morgan fingerprint density at radius 3 is 2.60 bits per heavy atom. The van der Waals surface area contributed by atoms with Gasteiger partial charge >= 0.3 is 6.09 Å². The Morgan fingerprint density at radius 1 is 1.35 bits per heavy atom. The summed E-state index contributed by atoms with van der Waals surface area (Å²) in [6.45, 7) is -0.326. The smallest absolute Gasteiger partial charge is 0.408 e. The van der Waals surface area contributed by atoms with Crippen LogP contribution >= 0.6 is 0 Å². The molecule has 2 rings (SSSR count). The first-order valence-corrected chi connectivity index (χ1v) is 8.07. The SMILES string of the molecule is O=C(NC1(CO)CCS(=O)(=O)C1)OCc1ccccc1. The van der Waals surface area contributed by atoms with E-state index in [-0.39, 0.29) is 24.5 Å². The second-order valence-corrected chi connectivity index (χ2v) is 7.15. The number of amides is 1. The predicted octanol–water partition coefficient (Wildman–Crippen LogP) is 0.462. The minimum absolute atomic E-state index is 0.0352. The molecule has 0 aliphatic carbocycles. The van der Waals surface area contributed by atoms with Gasteiger partial charge in [-0.25, -0.2) is 13.2 Å². The monoisotopic (exact) mass is 299 g/mol. The van der Waals surface area contributed by atoms with Crippen molar-refractivity contribution < 1.29 is 23.1 Å². The number of alkyl carbamates (subject to hydrolysis) is 1. The van der Waals surface area contributed by atoms with Crippen LogP contribution in [0.4, 0.5) is 4.79 Å². The lowest BCUT2D eigenvalue weighted by atomic mass is 10.0. The van der Waals surface area contributed by atoms with Gasteiger partial charge in [0.25, 0.3) is 0 Å². The molecule has 20 heavy (non-hydrogen) atoms. The third-order valence-corrected chi connectivity index (χ3v) is 5.09. The molecule has 1 aromatic rings. The van der Waals surface area contributed by atoms with Crippen LogP contribution in [0, 0.1) is 0 Å². The first kappa shape index (κ1) is 14.8. The Balaban J connectivity index is 1.91. The normalized spacial score (nSPS) is 24.2. The number of aliphatic hydroxyl groups is 1. The molecule has 110 valence electrons. The standard InChI is InChI=1S/C13H17NO5S/c15-9-13(6-7-20(17,18)10-13)14-12(16)19-8-11-4-2-1-3-5-11/h1-5,15H,6-10H2,(H,14,16). The maximum absolute atomic E-state index is 11.7. The average Bonchev–Trinajstić information content (AvgIpc) is 2.74. The summed E-state index contributed by atoms with van der Waals surface area (Å²) < 4.78 is 28.0. The summed E-state index contributed by atoms with van der Waals surface area (Å²) in [4.78, 5) is 11.7. The molecule has 0 spiro atoms. The molecule has 1 saturated heterocycles. The molecule has 1 heterocycles. The van der Waals surface area contributed by atoms with Gasteiger partial charge in [-0.3, -0.25) is 0 Å². The highest BCUT2D eigenvalue weighted by Crippen LogP contribution is 2.23. The summed E-state index contributed by atoms with van der Waals surface area (Å²) in [5.41, 5.74) is -0.285. The zero-order chi connectivity index (χ0) is 14.6. The number of rotatable bonds is 4. The molecule has 0 bridgehead atoms. The molecule has 1 unspecified atom stereocenters. The number of nitrogens with one attached hydrogen (secondary N) is 1. The van der Waals surface area contributed by atoms with Gasteiger partial charge in [0, 0.05) is 0 Å². The number of aliphatic hydroxyl groups excluding tert-OH is 1. The number of benzene rings is 1. The van der Waals surface area contributed by atoms with E-state index in [9.17, 15) is 18.3 Å². The highest BCUT2D eigenvalue weighted by atomic mass is 32.2. The van der Waals surface area contributed by atoms with Gasteiger partial charge in [0.2, 0.25) is 0 Å². The zero-order valence-corrected chi connectivity index (χ0v) is 11.7. The maximum Gasteiger partial charge on any atom is 0.408 e. The molecule has 1 aromatic carbocycles. The summed E-state index contributed by atoms with van der Waals surface area (Å²) in [7, 11) is -3.21. The molecule has 7 heteroatoms. The van der Waals surface area contributed by atoms with Gasteiger partial charge in [-0.2, -0.15) is 0 Å². The summed E-state index contributed by atoms with van der Waals surface area (Å²) >= 11 is 0. The van der Waals surface area contributed by atoms with E-state index in [1.165, 1.54) is 0 Å². The van der Waals surface area contributed by atoms with Crippen LogP contribution in [-0.4, -0.2) is 43.3 Å². The van der Waals surface area contributed by atoms with Gasteiger partial charge in [0.15, 0.2) is 9.84 Å². The fraction of sp³-hybridized carbons (Fsp3) is 0.462. The van der Waals surface area contributed by atoms with E-state index in [0.29, 0.717) is 0 Å². The van der Waals surface area contributed by atoms with Crippen molar-refractivity contribution in [1.82, 2.24) is 5.32 Å². The van der Waals surface area contributed by atoms with Crippen molar-refractivity contribution in [2.45, 2.75) is 18.6 Å². The van der Waals surface area contributed by atoms with Crippen molar-refractivity contribution in [2.24, 2.45) is 0 Å². The van der Waals surface area contributed by atoms with Gasteiger partial charge in [-0.15, -0.1) is 0 Å². The molecule has 0 aromatic heterocycles. The van der Waals surface area contributed by atoms with Gasteiger partial charge in [0.05, 0.1) is 23.7 Å². The van der Waals surface area contributed by atoms with E-state index in [0.717, 1.165) is 5.56 Å². The van der Waals surface area contributed by atoms with Gasteiger partial charge in [0.1, 0.15) is 6.61 Å². The number of sulfone groups is 1. The molecular formula is C13H17NO5S. The van der Waals surface area contributed by atoms with Crippen molar-refractivity contribution in [1.29, 1.82) is 0 Å². The van der Waals surface area contributed by atoms with Crippen molar-refractivity contribution in [2.75, 3.05) is 18.1 Å². The van der Waals surface area contributed by atoms with Gasteiger partial charge in [-0.05, 0) is 12.0 Å². The first-order chi connectivity index (χ1) is 9.45. The van der Waals surface area contributed by atoms with Crippen LogP contribution in [-0.2, 0) is 21.2 Å². The Hall–Kier alpha value is -1.60. The summed E-state index contributed by atoms with van der Waals surface area (Å²) in [6.07, 6.45) is -0.522. The fourth-order valence-electron chi connectivity index (χ4n) is 2.15. The molecule has 6 nitrogen and oxygen atoms in total. The summed E-state index contributed by atoms with van der Waals surface area (Å²) in [5, 5.41) is 11.8. The minimum Gasteiger partial charge on any atom is -0.445 e. The second kappa shape index (κ2) is 5.80. The second-order valence-electron chi connectivity index (χ2n) is 4.97. The number of carbonyl (C=O) groups excluding carboxylic acids is 1. The van der Waals surface area contributed by atoms with Crippen molar-refractivity contribution in [3.63, 3.8) is 0 Å². The van der Waals surface area contributed by atoms with E-state index in [2.05, 4.69) is 5.32 Å². The van der Waals surface area contributed by atoms with Crippen LogP contribution in [0.5, 0.6) is 0 Å². The Kier molecular flexibility index (Phi) is 4.29. The van der Waals surface area contributed by atoms with Crippen LogP contribution < -0.4 is 5.32 Å². The van der Waals surface area contributed by atoms with Crippen LogP contribution in [0.2, 0.25) is 0 Å². The number of hydrogen-bond acceptors (Lipinski definition) is 5. The highest BCUT2D eigenvalue weighted by Gasteiger charge is 2.43. The lowest BCUT2D eigenvalue weighted by molar-refractivity contribution is 0.113. The first-order valence-electron chi connectivity index (χ1n) is 6.25. The Bertz CT molecular complexity index is 572. The number of carbonyl (C=O) groups is 1. The zero-order valence-electron chi connectivity index (χ0n) is 10.9. The summed E-state index contributed by atoms with van der Waals surface area (Å²) in [5.74, 6) is -0.288. The number of hydrogen-bond donors (Lipinski definition) is 2. The molecule has 0 radical (unpaired) electrons. The van der Waals surface area contributed by atoms with E-state index in [1.807, 2.05) is 30.3 Å². The molecule has 1 aliphatic heterocycles. The van der Waals surface area contributed by atoms with Crippen LogP contribution in [0.1, 0.15) is 12.0 Å². The van der Waals surface area contributed by atoms with Crippen LogP contribution in [0.3, 0.4) is 0 Å². The van der Waals surface area contributed by atoms with Crippen molar-refractivity contribution in [3.05, 3.63) is 35.9 Å². The van der Waals surface area contributed by atoms with Crippen molar-refractivity contribution >= 4 is 15.9 Å². The van der Waals surface area contributed by atoms with E-state index >= 15 is 0 Å². The third kappa shape index (κ3) is 3.71. The van der Waals surface area contributed by atoms with E-state index < -0.39 is 28.1 Å². The summed E-state index contributed by atoms with van der Waals surface area (Å²) in [6, 6.07) is 9.14. The quantitative estimate of drug-likeness (QED) is 0.842. The van der Waals surface area contributed by atoms with Crippen LogP contribution in [0.25, 0.3) is 0 Å². The predicted molar refractivity (Wildman–Crippen MR) is 72.9 cm³/mol. The molecule has 1 aliphatic rings. The van der Waals surface area contributed by atoms with Crippen LogP contribution in [0.15, 0.2) is 30.3 Å². The lowest BCUT2D eigenvalue weighted by Gasteiger charge is -2.25. The number of ether oxygens (including phenoxy) is 1. The molecule has 2 N–H and O–H groups in total. The average molecular weight is 299 g/mol. The van der Waals surface area contributed by atoms with Gasteiger partial charge in [-0.1, -0.05) is 30.3 Å². The molecule has 1 amide bonds. The lowest BCUT2D eigenvalue weighted by Crippen LogP contribution is -2.52. The Morgan fingerprint density at radius 2 is 2.05 bits per heavy atom. The molecular weight excluding hydrogens is 282 g/mol. The molecule has 1 fully saturated rings. The van der Waals surface area contributed by atoms with E-state index in [4.69, 9.17) is 4.74 Å². The Labute approximate surface area is 117 Å². The molecule has 0 saturated carbocycles. The van der Waals surface area contributed by atoms with E-state index in [1.54, 1.807) is 0 Å². The van der Waals surface area contributed by atoms with Gasteiger partial charge < -0.3 is 15.2 Å². The fourth-order valence-corrected chi connectivity index (χ4v) is 4.15. The topological polar surface area (TPSA) is 92.7 Å². The third-order valence-electron chi connectivity index (χ3n) is 3.27. The minimum atomic E-state index is -3.21. The highest BCUT2D eigenvalue weighted by molar-refractivity contribution is 7.91. The maximum atomic E-state index is 11.7. The largest absolute Gasteiger partial charge is 0.445 e. The van der Waals surface area contributed by atoms with Crippen molar-refractivity contribution in [3.8, 4) is 0 Å². The molecule has 1 atom stereocenters.